The Morgan fingerprint density at radius 1 is 1.16 bits per heavy atom. The highest BCUT2D eigenvalue weighted by atomic mass is 35.5. The average molecular weight is 317 g/mol. The molecule has 1 aromatic heterocycles. The van der Waals surface area contributed by atoms with Gasteiger partial charge in [0, 0.05) is 5.69 Å². The van der Waals surface area contributed by atoms with E-state index in [2.05, 4.69) is 10.3 Å². The maximum Gasteiger partial charge on any atom is 0.151 e. The third-order valence-corrected chi connectivity index (χ3v) is 3.20. The zero-order valence-corrected chi connectivity index (χ0v) is 11.5. The van der Waals surface area contributed by atoms with E-state index in [1.807, 2.05) is 0 Å². The summed E-state index contributed by atoms with van der Waals surface area (Å²) in [5, 5.41) is 12.2. The van der Waals surface area contributed by atoms with E-state index in [1.165, 1.54) is 24.3 Å². The molecule has 0 saturated carbocycles. The molecular formula is C12H5Cl3FN3. The molecule has 2 aromatic rings. The molecule has 7 heteroatoms. The lowest BCUT2D eigenvalue weighted by Crippen LogP contribution is -1.96. The van der Waals surface area contributed by atoms with E-state index in [9.17, 15) is 4.39 Å². The molecule has 19 heavy (non-hydrogen) atoms. The molecule has 0 saturated heterocycles. The van der Waals surface area contributed by atoms with Gasteiger partial charge in [0.15, 0.2) is 5.82 Å². The van der Waals surface area contributed by atoms with Gasteiger partial charge in [0.25, 0.3) is 0 Å². The Morgan fingerprint density at radius 2 is 1.89 bits per heavy atom. The molecule has 0 amide bonds. The minimum Gasteiger partial charge on any atom is -0.339 e. The van der Waals surface area contributed by atoms with Crippen molar-refractivity contribution in [3.8, 4) is 6.07 Å². The number of pyridine rings is 1. The SMILES string of the molecule is N#Cc1cc(Nc2nc(Cl)c(Cl)cc2Cl)ccc1F. The number of hydrogen-bond acceptors (Lipinski definition) is 3. The lowest BCUT2D eigenvalue weighted by molar-refractivity contribution is 0.624. The summed E-state index contributed by atoms with van der Waals surface area (Å²) in [6.45, 7) is 0. The van der Waals surface area contributed by atoms with Crippen LogP contribution in [0, 0.1) is 17.1 Å². The Kier molecular flexibility index (Phi) is 4.11. The highest BCUT2D eigenvalue weighted by molar-refractivity contribution is 6.43. The van der Waals surface area contributed by atoms with Crippen molar-refractivity contribution in [1.82, 2.24) is 4.98 Å². The van der Waals surface area contributed by atoms with E-state index < -0.39 is 5.82 Å². The van der Waals surface area contributed by atoms with Crippen LogP contribution in [-0.4, -0.2) is 4.98 Å². The number of rotatable bonds is 2. The second kappa shape index (κ2) is 5.62. The first-order chi connectivity index (χ1) is 9.01. The van der Waals surface area contributed by atoms with Crippen molar-refractivity contribution >= 4 is 46.3 Å². The van der Waals surface area contributed by atoms with E-state index in [4.69, 9.17) is 40.1 Å². The molecule has 96 valence electrons. The van der Waals surface area contributed by atoms with E-state index in [1.54, 1.807) is 6.07 Å². The summed E-state index contributed by atoms with van der Waals surface area (Å²) in [7, 11) is 0. The summed E-state index contributed by atoms with van der Waals surface area (Å²) in [6.07, 6.45) is 0. The quantitative estimate of drug-likeness (QED) is 0.810. The standard InChI is InChI=1S/C12H5Cl3FN3/c13-8-4-9(14)12(19-11(8)15)18-7-1-2-10(16)6(3-7)5-17/h1-4H,(H,18,19). The van der Waals surface area contributed by atoms with Crippen molar-refractivity contribution in [3.05, 3.63) is 50.8 Å². The Morgan fingerprint density at radius 3 is 2.58 bits per heavy atom. The van der Waals surface area contributed by atoms with Crippen molar-refractivity contribution < 1.29 is 4.39 Å². The number of anilines is 2. The Labute approximate surface area is 123 Å². The molecule has 2 rings (SSSR count). The molecule has 0 unspecified atom stereocenters. The van der Waals surface area contributed by atoms with Crippen LogP contribution in [0.1, 0.15) is 5.56 Å². The molecular weight excluding hydrogens is 312 g/mol. The smallest absolute Gasteiger partial charge is 0.151 e. The molecule has 1 aromatic carbocycles. The molecule has 0 bridgehead atoms. The van der Waals surface area contributed by atoms with Crippen LogP contribution in [0.3, 0.4) is 0 Å². The fraction of sp³-hybridized carbons (Fsp3) is 0. The predicted molar refractivity (Wildman–Crippen MR) is 73.7 cm³/mol. The normalized spacial score (nSPS) is 10.1. The number of aromatic nitrogens is 1. The predicted octanol–water partition coefficient (Wildman–Crippen LogP) is 4.80. The van der Waals surface area contributed by atoms with Gasteiger partial charge in [-0.05, 0) is 24.3 Å². The minimum atomic E-state index is -0.596. The molecule has 0 fully saturated rings. The van der Waals surface area contributed by atoms with Gasteiger partial charge in [0.05, 0.1) is 15.6 Å². The Balaban J connectivity index is 2.37. The van der Waals surface area contributed by atoms with Gasteiger partial charge in [-0.25, -0.2) is 9.37 Å². The van der Waals surface area contributed by atoms with Crippen molar-refractivity contribution in [3.63, 3.8) is 0 Å². The highest BCUT2D eigenvalue weighted by Gasteiger charge is 2.09. The van der Waals surface area contributed by atoms with Crippen molar-refractivity contribution in [1.29, 1.82) is 5.26 Å². The van der Waals surface area contributed by atoms with Gasteiger partial charge in [0.1, 0.15) is 17.0 Å². The van der Waals surface area contributed by atoms with Crippen LogP contribution < -0.4 is 5.32 Å². The van der Waals surface area contributed by atoms with Crippen molar-refractivity contribution in [2.24, 2.45) is 0 Å². The van der Waals surface area contributed by atoms with Gasteiger partial charge < -0.3 is 5.32 Å². The summed E-state index contributed by atoms with van der Waals surface area (Å²) in [5.74, 6) is -0.326. The fourth-order valence-electron chi connectivity index (χ4n) is 1.36. The number of halogens is 4. The third-order valence-electron chi connectivity index (χ3n) is 2.24. The van der Waals surface area contributed by atoms with Crippen LogP contribution >= 0.6 is 34.8 Å². The van der Waals surface area contributed by atoms with E-state index >= 15 is 0 Å². The van der Waals surface area contributed by atoms with Crippen LogP contribution in [-0.2, 0) is 0 Å². The summed E-state index contributed by atoms with van der Waals surface area (Å²) in [5.41, 5.74) is 0.381. The van der Waals surface area contributed by atoms with E-state index in [-0.39, 0.29) is 26.6 Å². The van der Waals surface area contributed by atoms with Crippen molar-refractivity contribution in [2.45, 2.75) is 0 Å². The van der Waals surface area contributed by atoms with Gasteiger partial charge in [-0.2, -0.15) is 5.26 Å². The molecule has 0 aliphatic carbocycles. The molecule has 0 radical (unpaired) electrons. The first-order valence-electron chi connectivity index (χ1n) is 4.99. The lowest BCUT2D eigenvalue weighted by Gasteiger charge is -2.09. The van der Waals surface area contributed by atoms with E-state index in [0.29, 0.717) is 5.69 Å². The number of hydrogen-bond donors (Lipinski definition) is 1. The molecule has 1 N–H and O–H groups in total. The highest BCUT2D eigenvalue weighted by Crippen LogP contribution is 2.30. The van der Waals surface area contributed by atoms with Crippen molar-refractivity contribution in [2.75, 3.05) is 5.32 Å². The minimum absolute atomic E-state index is 0.0822. The Bertz CT molecular complexity index is 683. The molecule has 1 heterocycles. The number of nitriles is 1. The van der Waals surface area contributed by atoms with Gasteiger partial charge in [-0.15, -0.1) is 0 Å². The van der Waals surface area contributed by atoms with Crippen LogP contribution in [0.4, 0.5) is 15.9 Å². The van der Waals surface area contributed by atoms with Crippen LogP contribution in [0.25, 0.3) is 0 Å². The summed E-state index contributed by atoms with van der Waals surface area (Å²) >= 11 is 17.5. The second-order valence-corrected chi connectivity index (χ2v) is 4.70. The maximum absolute atomic E-state index is 13.2. The monoisotopic (exact) mass is 315 g/mol. The zero-order valence-electron chi connectivity index (χ0n) is 9.22. The summed E-state index contributed by atoms with van der Waals surface area (Å²) < 4.78 is 13.2. The zero-order chi connectivity index (χ0) is 14.0. The van der Waals surface area contributed by atoms with Gasteiger partial charge in [0.2, 0.25) is 0 Å². The van der Waals surface area contributed by atoms with Crippen LogP contribution in [0.5, 0.6) is 0 Å². The molecule has 0 spiro atoms. The van der Waals surface area contributed by atoms with Crippen LogP contribution in [0.2, 0.25) is 15.2 Å². The maximum atomic E-state index is 13.2. The topological polar surface area (TPSA) is 48.7 Å². The van der Waals surface area contributed by atoms with Gasteiger partial charge in [-0.1, -0.05) is 34.8 Å². The average Bonchev–Trinajstić information content (AvgIpc) is 2.38. The number of benzene rings is 1. The fourth-order valence-corrected chi connectivity index (χ4v) is 1.90. The summed E-state index contributed by atoms with van der Waals surface area (Å²) in [4.78, 5) is 3.96. The molecule has 0 aliphatic heterocycles. The molecule has 0 atom stereocenters. The van der Waals surface area contributed by atoms with Crippen LogP contribution in [0.15, 0.2) is 24.3 Å². The number of nitrogens with one attached hydrogen (secondary N) is 1. The second-order valence-electron chi connectivity index (χ2n) is 3.52. The van der Waals surface area contributed by atoms with Gasteiger partial charge in [-0.3, -0.25) is 0 Å². The lowest BCUT2D eigenvalue weighted by atomic mass is 10.2. The van der Waals surface area contributed by atoms with E-state index in [0.717, 1.165) is 0 Å². The first kappa shape index (κ1) is 13.9. The third kappa shape index (κ3) is 3.07. The summed E-state index contributed by atoms with van der Waals surface area (Å²) in [6, 6.07) is 7.15. The molecule has 3 nitrogen and oxygen atoms in total. The van der Waals surface area contributed by atoms with Gasteiger partial charge >= 0.3 is 0 Å². The first-order valence-corrected chi connectivity index (χ1v) is 6.13. The molecule has 0 aliphatic rings. The Hall–Kier alpha value is -1.54. The largest absolute Gasteiger partial charge is 0.339 e. The number of nitrogens with zero attached hydrogens (tertiary/aromatic N) is 2.